The first kappa shape index (κ1) is 16.8. The molecule has 1 aromatic heterocycles. The molecule has 1 heterocycles. The molecule has 118 valence electrons. The first-order chi connectivity index (χ1) is 10.3. The maximum Gasteiger partial charge on any atom is 0.191 e. The van der Waals surface area contributed by atoms with Crippen LogP contribution >= 0.6 is 24.0 Å². The predicted molar refractivity (Wildman–Crippen MR) is 95.0 cm³/mol. The quantitative estimate of drug-likeness (QED) is 0.458. The molecule has 22 heavy (non-hydrogen) atoms. The van der Waals surface area contributed by atoms with Gasteiger partial charge in [0.15, 0.2) is 5.96 Å². The molecule has 4 nitrogen and oxygen atoms in total. The number of benzene rings is 1. The van der Waals surface area contributed by atoms with Gasteiger partial charge in [-0.15, -0.1) is 24.0 Å². The lowest BCUT2D eigenvalue weighted by atomic mass is 10.1. The van der Waals surface area contributed by atoms with E-state index in [0.717, 1.165) is 23.7 Å². The minimum absolute atomic E-state index is 0. The Balaban J connectivity index is 0.00000176. The smallest absolute Gasteiger partial charge is 0.191 e. The van der Waals surface area contributed by atoms with Gasteiger partial charge in [0.05, 0.1) is 12.8 Å². The van der Waals surface area contributed by atoms with Gasteiger partial charge in [0.2, 0.25) is 0 Å². The first-order valence-corrected chi connectivity index (χ1v) is 7.01. The summed E-state index contributed by atoms with van der Waals surface area (Å²) in [5.41, 5.74) is 1.04. The first-order valence-electron chi connectivity index (χ1n) is 7.01. The molecule has 0 unspecified atom stereocenters. The molecule has 2 N–H and O–H groups in total. The third-order valence-corrected chi connectivity index (χ3v) is 3.62. The highest BCUT2D eigenvalue weighted by Gasteiger charge is 2.39. The highest BCUT2D eigenvalue weighted by atomic mass is 127. The van der Waals surface area contributed by atoms with Gasteiger partial charge in [-0.05, 0) is 36.2 Å². The van der Waals surface area contributed by atoms with Crippen molar-refractivity contribution < 1.29 is 8.81 Å². The van der Waals surface area contributed by atoms with Crippen LogP contribution in [0.3, 0.4) is 0 Å². The highest BCUT2D eigenvalue weighted by molar-refractivity contribution is 14.0. The number of guanidine groups is 1. The van der Waals surface area contributed by atoms with Crippen LogP contribution in [0.25, 0.3) is 0 Å². The summed E-state index contributed by atoms with van der Waals surface area (Å²) in [5.74, 6) is 1.76. The molecule has 0 amide bonds. The van der Waals surface area contributed by atoms with Crippen LogP contribution in [0, 0.1) is 5.82 Å². The monoisotopic (exact) mass is 415 g/mol. The van der Waals surface area contributed by atoms with Crippen molar-refractivity contribution in [3.05, 3.63) is 59.8 Å². The molecule has 0 saturated heterocycles. The molecule has 1 aliphatic rings. The summed E-state index contributed by atoms with van der Waals surface area (Å²) in [6.07, 6.45) is 2.64. The molecule has 1 fully saturated rings. The fraction of sp³-hybridized carbons (Fsp3) is 0.312. The Bertz CT molecular complexity index is 630. The van der Waals surface area contributed by atoms with Gasteiger partial charge >= 0.3 is 0 Å². The maximum absolute atomic E-state index is 13.2. The van der Waals surface area contributed by atoms with E-state index >= 15 is 0 Å². The molecule has 3 rings (SSSR count). The Hall–Kier alpha value is -1.57. The summed E-state index contributed by atoms with van der Waals surface area (Å²) >= 11 is 0. The van der Waals surface area contributed by atoms with E-state index in [2.05, 4.69) is 15.6 Å². The molecule has 1 saturated carbocycles. The molecule has 0 aliphatic heterocycles. The minimum Gasteiger partial charge on any atom is -0.467 e. The van der Waals surface area contributed by atoms with Gasteiger partial charge < -0.3 is 15.1 Å². The van der Waals surface area contributed by atoms with Gasteiger partial charge in [-0.1, -0.05) is 12.1 Å². The van der Waals surface area contributed by atoms with Crippen LogP contribution in [0.15, 0.2) is 52.1 Å². The zero-order valence-corrected chi connectivity index (χ0v) is 14.6. The summed E-state index contributed by atoms with van der Waals surface area (Å²) in [7, 11) is 1.73. The van der Waals surface area contributed by atoms with Crippen LogP contribution in [0.4, 0.5) is 4.39 Å². The Kier molecular flexibility index (Phi) is 5.82. The molecule has 0 radical (unpaired) electrons. The van der Waals surface area contributed by atoms with Crippen molar-refractivity contribution >= 4 is 29.9 Å². The fourth-order valence-corrected chi connectivity index (χ4v) is 2.41. The number of halogens is 2. The number of rotatable bonds is 4. The Morgan fingerprint density at radius 1 is 1.36 bits per heavy atom. The van der Waals surface area contributed by atoms with Crippen LogP contribution in [0.2, 0.25) is 0 Å². The highest BCUT2D eigenvalue weighted by Crippen LogP contribution is 2.40. The molecular formula is C16H19FIN3O. The molecule has 1 aromatic carbocycles. The largest absolute Gasteiger partial charge is 0.467 e. The van der Waals surface area contributed by atoms with Crippen molar-refractivity contribution in [3.8, 4) is 0 Å². The number of aliphatic imine (C=N–C) groups is 1. The molecule has 2 aromatic rings. The van der Waals surface area contributed by atoms with Crippen molar-refractivity contribution in [3.63, 3.8) is 0 Å². The normalized spacial score (nSPS) is 20.2. The maximum atomic E-state index is 13.2. The standard InChI is InChI=1S/C16H18FN3O.HI/c1-18-16(19-10-13-6-3-7-21-13)20-15-9-14(15)11-4-2-5-12(17)8-11;/h2-8,14-15H,9-10H2,1H3,(H2,18,19,20);1H/t14-,15+;/m0./s1. The van der Waals surface area contributed by atoms with Crippen LogP contribution in [-0.4, -0.2) is 19.0 Å². The van der Waals surface area contributed by atoms with E-state index in [1.54, 1.807) is 25.4 Å². The predicted octanol–water partition coefficient (Wildman–Crippen LogP) is 3.26. The SMILES string of the molecule is CN=C(NCc1ccco1)N[C@@H]1C[C@H]1c1cccc(F)c1.I. The average molecular weight is 415 g/mol. The lowest BCUT2D eigenvalue weighted by molar-refractivity contribution is 0.501. The van der Waals surface area contributed by atoms with Gasteiger partial charge in [0.1, 0.15) is 11.6 Å². The number of nitrogens with zero attached hydrogens (tertiary/aromatic N) is 1. The lowest BCUT2D eigenvalue weighted by Gasteiger charge is -2.10. The van der Waals surface area contributed by atoms with E-state index in [-0.39, 0.29) is 29.8 Å². The van der Waals surface area contributed by atoms with Gasteiger partial charge in [0, 0.05) is 19.0 Å². The second kappa shape index (κ2) is 7.62. The molecule has 1 aliphatic carbocycles. The molecule has 2 atom stereocenters. The number of nitrogens with one attached hydrogen (secondary N) is 2. The number of hydrogen-bond acceptors (Lipinski definition) is 2. The van der Waals surface area contributed by atoms with Crippen molar-refractivity contribution in [2.24, 2.45) is 4.99 Å². The molecule has 0 bridgehead atoms. The van der Waals surface area contributed by atoms with Gasteiger partial charge in [0.25, 0.3) is 0 Å². The van der Waals surface area contributed by atoms with Crippen LogP contribution in [0.5, 0.6) is 0 Å². The average Bonchev–Trinajstić information content (AvgIpc) is 3.06. The Labute approximate surface area is 146 Å². The van der Waals surface area contributed by atoms with Crippen molar-refractivity contribution in [1.29, 1.82) is 0 Å². The van der Waals surface area contributed by atoms with E-state index in [1.165, 1.54) is 6.07 Å². The number of furan rings is 1. The topological polar surface area (TPSA) is 49.6 Å². The van der Waals surface area contributed by atoms with E-state index in [0.29, 0.717) is 18.5 Å². The van der Waals surface area contributed by atoms with Gasteiger partial charge in [-0.3, -0.25) is 4.99 Å². The Morgan fingerprint density at radius 2 is 2.23 bits per heavy atom. The third-order valence-electron chi connectivity index (χ3n) is 3.62. The van der Waals surface area contributed by atoms with E-state index in [9.17, 15) is 4.39 Å². The fourth-order valence-electron chi connectivity index (χ4n) is 2.41. The van der Waals surface area contributed by atoms with E-state index in [1.807, 2.05) is 18.2 Å². The number of hydrogen-bond donors (Lipinski definition) is 2. The van der Waals surface area contributed by atoms with E-state index in [4.69, 9.17) is 4.42 Å². The zero-order chi connectivity index (χ0) is 14.7. The molecular weight excluding hydrogens is 396 g/mol. The van der Waals surface area contributed by atoms with E-state index < -0.39 is 0 Å². The summed E-state index contributed by atoms with van der Waals surface area (Å²) in [6, 6.07) is 10.9. The minimum atomic E-state index is -0.182. The van der Waals surface area contributed by atoms with Gasteiger partial charge in [-0.2, -0.15) is 0 Å². The second-order valence-electron chi connectivity index (χ2n) is 5.15. The van der Waals surface area contributed by atoms with Crippen LogP contribution in [-0.2, 0) is 6.54 Å². The summed E-state index contributed by atoms with van der Waals surface area (Å²) in [4.78, 5) is 4.19. The third kappa shape index (κ3) is 4.22. The summed E-state index contributed by atoms with van der Waals surface area (Å²) in [5, 5.41) is 6.54. The zero-order valence-electron chi connectivity index (χ0n) is 12.3. The summed E-state index contributed by atoms with van der Waals surface area (Å²) in [6.45, 7) is 0.587. The van der Waals surface area contributed by atoms with Crippen LogP contribution < -0.4 is 10.6 Å². The van der Waals surface area contributed by atoms with Crippen molar-refractivity contribution in [1.82, 2.24) is 10.6 Å². The lowest BCUT2D eigenvalue weighted by Crippen LogP contribution is -2.38. The summed E-state index contributed by atoms with van der Waals surface area (Å²) < 4.78 is 18.5. The van der Waals surface area contributed by atoms with Crippen molar-refractivity contribution in [2.45, 2.75) is 24.9 Å². The molecule has 6 heteroatoms. The van der Waals surface area contributed by atoms with Gasteiger partial charge in [-0.25, -0.2) is 4.39 Å². The second-order valence-corrected chi connectivity index (χ2v) is 5.15. The Morgan fingerprint density at radius 3 is 2.91 bits per heavy atom. The van der Waals surface area contributed by atoms with Crippen molar-refractivity contribution in [2.75, 3.05) is 7.05 Å². The van der Waals surface area contributed by atoms with Crippen LogP contribution in [0.1, 0.15) is 23.7 Å². The molecule has 0 spiro atoms.